The van der Waals surface area contributed by atoms with Gasteiger partial charge >= 0.3 is 0 Å². The Kier molecular flexibility index (Phi) is 15.8. The maximum Gasteiger partial charge on any atom is 0.102 e. The molecule has 0 aliphatic heterocycles. The average Bonchev–Trinajstić information content (AvgIpc) is 3.39. The van der Waals surface area contributed by atoms with Gasteiger partial charge in [-0.15, -0.1) is 0 Å². The Morgan fingerprint density at radius 3 is 0.422 bits per heavy atom. The van der Waals surface area contributed by atoms with Crippen molar-refractivity contribution in [1.29, 1.82) is 0 Å². The van der Waals surface area contributed by atoms with Gasteiger partial charge in [0.15, 0.2) is 0 Å². The smallest absolute Gasteiger partial charge is 0.0622 e. The molecule has 10 aromatic carbocycles. The van der Waals surface area contributed by atoms with Crippen LogP contribution in [0.15, 0.2) is 303 Å². The molecule has 0 fully saturated rings. The van der Waals surface area contributed by atoms with Crippen molar-refractivity contribution in [3.63, 3.8) is 0 Å². The molecule has 0 spiro atoms. The van der Waals surface area contributed by atoms with Crippen molar-refractivity contribution >= 4 is 58.8 Å². The van der Waals surface area contributed by atoms with Crippen molar-refractivity contribution in [1.82, 2.24) is 0 Å². The van der Waals surface area contributed by atoms with E-state index in [4.69, 9.17) is 0 Å². The molecule has 64 heavy (non-hydrogen) atoms. The van der Waals surface area contributed by atoms with E-state index in [9.17, 15) is 0 Å². The summed E-state index contributed by atoms with van der Waals surface area (Å²) in [5, 5.41) is 8.61. The molecule has 0 aliphatic rings. The first-order valence-corrected chi connectivity index (χ1v) is 24.9. The maximum absolute atomic E-state index is 2.24. The van der Waals surface area contributed by atoms with E-state index in [-0.39, 0.29) is 0 Å². The van der Waals surface area contributed by atoms with Gasteiger partial charge < -0.3 is 0 Å². The lowest BCUT2D eigenvalue weighted by Gasteiger charge is -2.18. The van der Waals surface area contributed by atoms with E-state index in [0.717, 1.165) is 0 Å². The summed E-state index contributed by atoms with van der Waals surface area (Å²) in [6.07, 6.45) is 0. The summed E-state index contributed by atoms with van der Waals surface area (Å²) in [7, 11) is -1.75. The van der Waals surface area contributed by atoms with Crippen LogP contribution >= 0.6 is 15.8 Å². The fourth-order valence-electron chi connectivity index (χ4n) is 7.96. The Morgan fingerprint density at radius 1 is 0.156 bits per heavy atom. The molecular weight excluding hydrogens is 807 g/mol. The van der Waals surface area contributed by atoms with Crippen LogP contribution in [0.4, 0.5) is 0 Å². The lowest BCUT2D eigenvalue weighted by atomic mass is 9.86. The molecule has 0 amide bonds. The van der Waals surface area contributed by atoms with Gasteiger partial charge in [-0.2, -0.15) is 0 Å². The first-order chi connectivity index (χ1) is 31.8. The van der Waals surface area contributed by atoms with Gasteiger partial charge in [0, 0.05) is 0 Å². The maximum atomic E-state index is 2.24. The number of benzene rings is 10. The van der Waals surface area contributed by atoms with Crippen LogP contribution in [0.3, 0.4) is 0 Å². The minimum atomic E-state index is -0.877. The third-order valence-corrected chi connectivity index (χ3v) is 16.3. The normalized spacial score (nSPS) is 10.5. The third kappa shape index (κ3) is 11.6. The molecule has 0 atom stereocenters. The fourth-order valence-corrected chi connectivity index (χ4v) is 13.1. The molecule has 0 saturated carbocycles. The molecule has 2 heteroatoms. The lowest BCUT2D eigenvalue weighted by molar-refractivity contribution is 1.50. The first-order valence-electron chi connectivity index (χ1n) is 21.9. The molecular formula is C62H52P2+2. The van der Waals surface area contributed by atoms with Crippen LogP contribution < -0.4 is 31.8 Å². The van der Waals surface area contributed by atoms with Gasteiger partial charge in [-0.05, 0) is 106 Å². The van der Waals surface area contributed by atoms with Crippen molar-refractivity contribution in [3.8, 4) is 0 Å². The van der Waals surface area contributed by atoms with E-state index in [0.29, 0.717) is 0 Å². The monoisotopic (exact) mass is 858 g/mol. The minimum Gasteiger partial charge on any atom is -0.0622 e. The Morgan fingerprint density at radius 2 is 0.281 bits per heavy atom. The van der Waals surface area contributed by atoms with Crippen LogP contribution in [0.25, 0.3) is 11.1 Å². The average molecular weight is 859 g/mol. The molecule has 10 aromatic rings. The first kappa shape index (κ1) is 43.4. The molecule has 10 rings (SSSR count). The zero-order chi connectivity index (χ0) is 43.4. The third-order valence-electron chi connectivity index (χ3n) is 10.9. The van der Waals surface area contributed by atoms with Gasteiger partial charge in [0.2, 0.25) is 0 Å². The van der Waals surface area contributed by atoms with Crippen LogP contribution in [0.1, 0.15) is 22.3 Å². The van der Waals surface area contributed by atoms with Gasteiger partial charge in [-0.25, -0.2) is 0 Å². The molecule has 0 heterocycles. The topological polar surface area (TPSA) is 0 Å². The van der Waals surface area contributed by atoms with Crippen molar-refractivity contribution in [2.45, 2.75) is 0 Å². The Bertz CT molecular complexity index is 2380. The van der Waals surface area contributed by atoms with Gasteiger partial charge in [0.25, 0.3) is 0 Å². The standard InChI is InChI=1S/C26H20.2C18H15P/c1-5-13-21(14-6-1)25(22-15-7-2-8-16-22)26(23-17-9-3-10-18-23)24-19-11-4-12-20-24;2*1-4-10-16(11-5-1)19(17-12-6-2-7-13-17)18-14-8-3-9-15-18/h1-20H;2*1-15H/p+2. The summed E-state index contributed by atoms with van der Waals surface area (Å²) in [6.45, 7) is 0. The van der Waals surface area contributed by atoms with E-state index >= 15 is 0 Å². The van der Waals surface area contributed by atoms with Crippen LogP contribution in [0.5, 0.6) is 0 Å². The zero-order valence-electron chi connectivity index (χ0n) is 35.9. The SMILES string of the molecule is c1ccc(C(=C(c2ccccc2)c2ccccc2)c2ccccc2)cc1.c1ccc([PH+](c2ccccc2)c2ccccc2)cc1.c1ccc([PH+](c2ccccc2)c2ccccc2)cc1. The predicted octanol–water partition coefficient (Wildman–Crippen LogP) is 13.0. The van der Waals surface area contributed by atoms with Gasteiger partial charge in [-0.1, -0.05) is 231 Å². The van der Waals surface area contributed by atoms with Gasteiger partial charge in [-0.3, -0.25) is 0 Å². The molecule has 308 valence electrons. The molecule has 0 nitrogen and oxygen atoms in total. The Hall–Kier alpha value is -7.20. The largest absolute Gasteiger partial charge is 0.102 e. The van der Waals surface area contributed by atoms with E-state index in [1.165, 1.54) is 65.2 Å². The second-order valence-electron chi connectivity index (χ2n) is 15.2. The summed E-state index contributed by atoms with van der Waals surface area (Å²) < 4.78 is 0. The molecule has 0 radical (unpaired) electrons. The van der Waals surface area contributed by atoms with Crippen molar-refractivity contribution < 1.29 is 0 Å². The summed E-state index contributed by atoms with van der Waals surface area (Å²) >= 11 is 0. The Balaban J connectivity index is 0.000000134. The van der Waals surface area contributed by atoms with Crippen LogP contribution in [0, 0.1) is 0 Å². The van der Waals surface area contributed by atoms with E-state index < -0.39 is 15.8 Å². The van der Waals surface area contributed by atoms with Crippen LogP contribution in [-0.4, -0.2) is 0 Å². The highest BCUT2D eigenvalue weighted by Gasteiger charge is 2.25. The van der Waals surface area contributed by atoms with Crippen molar-refractivity contribution in [2.24, 2.45) is 0 Å². The molecule has 0 bridgehead atoms. The minimum absolute atomic E-state index is 0.877. The number of rotatable bonds is 10. The van der Waals surface area contributed by atoms with Crippen molar-refractivity contribution in [3.05, 3.63) is 326 Å². The number of hydrogen-bond donors (Lipinski definition) is 0. The summed E-state index contributed by atoms with van der Waals surface area (Å²) in [5.41, 5.74) is 7.40. The van der Waals surface area contributed by atoms with Gasteiger partial charge in [0.1, 0.15) is 31.8 Å². The predicted molar refractivity (Wildman–Crippen MR) is 284 cm³/mol. The van der Waals surface area contributed by atoms with E-state index in [1.54, 1.807) is 0 Å². The van der Waals surface area contributed by atoms with E-state index in [1.807, 2.05) is 0 Å². The van der Waals surface area contributed by atoms with Crippen LogP contribution in [0.2, 0.25) is 0 Å². The molecule has 0 unspecified atom stereocenters. The fraction of sp³-hybridized carbons (Fsp3) is 0. The highest BCUT2D eigenvalue weighted by Crippen LogP contribution is 2.37. The molecule has 0 aliphatic carbocycles. The number of hydrogen-bond acceptors (Lipinski definition) is 0. The quantitative estimate of drug-likeness (QED) is 0.0949. The zero-order valence-corrected chi connectivity index (χ0v) is 37.9. The van der Waals surface area contributed by atoms with Crippen LogP contribution in [-0.2, 0) is 0 Å². The molecule has 0 aromatic heterocycles. The molecule has 0 N–H and O–H groups in total. The summed E-state index contributed by atoms with van der Waals surface area (Å²) in [4.78, 5) is 0. The second-order valence-corrected chi connectivity index (χ2v) is 20.1. The van der Waals surface area contributed by atoms with E-state index in [2.05, 4.69) is 303 Å². The second kappa shape index (κ2) is 23.3. The lowest BCUT2D eigenvalue weighted by Crippen LogP contribution is -2.20. The highest BCUT2D eigenvalue weighted by molar-refractivity contribution is 7.80. The Labute approximate surface area is 382 Å². The molecule has 0 saturated heterocycles. The summed E-state index contributed by atoms with van der Waals surface area (Å²) in [5.74, 6) is 0. The highest BCUT2D eigenvalue weighted by atomic mass is 31.1. The van der Waals surface area contributed by atoms with Crippen molar-refractivity contribution in [2.75, 3.05) is 0 Å². The van der Waals surface area contributed by atoms with Gasteiger partial charge in [0.05, 0.1) is 15.8 Å². The summed E-state index contributed by atoms with van der Waals surface area (Å²) in [6, 6.07) is 108.